The highest BCUT2D eigenvalue weighted by Crippen LogP contribution is 2.26. The minimum atomic E-state index is -0.704. The third kappa shape index (κ3) is 8.74. The van der Waals surface area contributed by atoms with Gasteiger partial charge >= 0.3 is 0 Å². The molecule has 0 heterocycles. The lowest BCUT2D eigenvalue weighted by molar-refractivity contribution is -0.143. The molecule has 2 amide bonds. The maximum atomic E-state index is 13.7. The summed E-state index contributed by atoms with van der Waals surface area (Å²) in [6, 6.07) is 23.0. The molecule has 0 saturated carbocycles. The van der Waals surface area contributed by atoms with Crippen LogP contribution in [-0.2, 0) is 29.0 Å². The average molecular weight is 566 g/mol. The van der Waals surface area contributed by atoms with Gasteiger partial charge in [-0.2, -0.15) is 0 Å². The topological polar surface area (TPSA) is 58.6 Å². The second-order valence-electron chi connectivity index (χ2n) is 10.4. The lowest BCUT2D eigenvalue weighted by Gasteiger charge is -2.34. The Morgan fingerprint density at radius 1 is 0.946 bits per heavy atom. The number of ether oxygens (including phenoxy) is 1. The van der Waals surface area contributed by atoms with Crippen LogP contribution in [0.1, 0.15) is 49.9 Å². The molecular formula is C31H37BrN2O3. The lowest BCUT2D eigenvalue weighted by atomic mass is 10.0. The fraction of sp³-hybridized carbons (Fsp3) is 0.355. The summed E-state index contributed by atoms with van der Waals surface area (Å²) in [6.07, 6.45) is 1.31. The molecule has 5 nitrogen and oxygen atoms in total. The van der Waals surface area contributed by atoms with Gasteiger partial charge in [0.25, 0.3) is 5.91 Å². The maximum absolute atomic E-state index is 13.7. The van der Waals surface area contributed by atoms with Crippen molar-refractivity contribution in [3.8, 4) is 5.75 Å². The number of halogens is 1. The van der Waals surface area contributed by atoms with Crippen LogP contribution in [0, 0.1) is 6.92 Å². The number of hydrogen-bond acceptors (Lipinski definition) is 3. The van der Waals surface area contributed by atoms with Crippen LogP contribution in [-0.4, -0.2) is 34.9 Å². The van der Waals surface area contributed by atoms with Gasteiger partial charge in [0.05, 0.1) is 4.47 Å². The monoisotopic (exact) mass is 564 g/mol. The molecule has 0 fully saturated rings. The highest BCUT2D eigenvalue weighted by Gasteiger charge is 2.32. The second kappa shape index (κ2) is 12.9. The number of benzene rings is 3. The first-order chi connectivity index (χ1) is 17.6. The molecule has 6 heteroatoms. The summed E-state index contributed by atoms with van der Waals surface area (Å²) in [4.78, 5) is 29.0. The number of hydrogen-bond donors (Lipinski definition) is 1. The maximum Gasteiger partial charge on any atom is 0.261 e. The number of aryl methyl sites for hydroxylation is 2. The summed E-state index contributed by atoms with van der Waals surface area (Å²) in [5.74, 6) is 0.156. The predicted molar refractivity (Wildman–Crippen MR) is 153 cm³/mol. The molecule has 0 spiro atoms. The summed E-state index contributed by atoms with van der Waals surface area (Å²) in [5, 5.41) is 3.09. The first-order valence-corrected chi connectivity index (χ1v) is 13.5. The van der Waals surface area contributed by atoms with Crippen molar-refractivity contribution in [2.45, 2.75) is 65.6 Å². The van der Waals surface area contributed by atoms with E-state index in [0.29, 0.717) is 18.7 Å². The number of carbonyl (C=O) groups excluding carboxylic acids is 2. The van der Waals surface area contributed by atoms with Crippen molar-refractivity contribution >= 4 is 27.7 Å². The van der Waals surface area contributed by atoms with Crippen LogP contribution in [0.25, 0.3) is 0 Å². The molecule has 3 rings (SSSR count). The van der Waals surface area contributed by atoms with Gasteiger partial charge in [0.2, 0.25) is 5.91 Å². The van der Waals surface area contributed by atoms with Gasteiger partial charge in [0, 0.05) is 18.5 Å². The second-order valence-corrected chi connectivity index (χ2v) is 11.2. The molecular weight excluding hydrogens is 528 g/mol. The molecule has 3 aromatic rings. The first-order valence-electron chi connectivity index (χ1n) is 12.7. The van der Waals surface area contributed by atoms with Crippen LogP contribution in [0.15, 0.2) is 77.3 Å². The largest absolute Gasteiger partial charge is 0.483 e. The van der Waals surface area contributed by atoms with E-state index in [0.717, 1.165) is 27.6 Å². The molecule has 0 radical (unpaired) electrons. The van der Waals surface area contributed by atoms with E-state index in [9.17, 15) is 9.59 Å². The molecule has 37 heavy (non-hydrogen) atoms. The summed E-state index contributed by atoms with van der Waals surface area (Å²) >= 11 is 3.55. The quantitative estimate of drug-likeness (QED) is 0.316. The fourth-order valence-electron chi connectivity index (χ4n) is 4.12. The van der Waals surface area contributed by atoms with Crippen molar-refractivity contribution in [2.24, 2.45) is 0 Å². The molecule has 0 aromatic heterocycles. The fourth-order valence-corrected chi connectivity index (χ4v) is 4.66. The molecule has 1 atom stereocenters. The normalized spacial score (nSPS) is 12.1. The van der Waals surface area contributed by atoms with Gasteiger partial charge in [-0.3, -0.25) is 9.59 Å². The molecule has 196 valence electrons. The van der Waals surface area contributed by atoms with E-state index in [1.807, 2.05) is 100 Å². The third-order valence-corrected chi connectivity index (χ3v) is 6.58. The van der Waals surface area contributed by atoms with Crippen LogP contribution >= 0.6 is 15.9 Å². The summed E-state index contributed by atoms with van der Waals surface area (Å²) in [5.41, 5.74) is 3.78. The predicted octanol–water partition coefficient (Wildman–Crippen LogP) is 6.25. The number of nitrogens with one attached hydrogen (secondary N) is 1. The first kappa shape index (κ1) is 28.5. The van der Waals surface area contributed by atoms with E-state index in [4.69, 9.17) is 4.74 Å². The van der Waals surface area contributed by atoms with Crippen LogP contribution in [0.3, 0.4) is 0 Å². The zero-order valence-corrected chi connectivity index (χ0v) is 24.0. The minimum absolute atomic E-state index is 0.177. The Morgan fingerprint density at radius 3 is 2.27 bits per heavy atom. The summed E-state index contributed by atoms with van der Waals surface area (Å²) in [6.45, 7) is 10.1. The summed E-state index contributed by atoms with van der Waals surface area (Å²) in [7, 11) is 0. The molecule has 0 unspecified atom stereocenters. The van der Waals surface area contributed by atoms with Gasteiger partial charge in [0.1, 0.15) is 11.8 Å². The smallest absolute Gasteiger partial charge is 0.261 e. The van der Waals surface area contributed by atoms with E-state index in [1.165, 1.54) is 5.56 Å². The Bertz CT molecular complexity index is 1200. The van der Waals surface area contributed by atoms with Gasteiger partial charge in [0.15, 0.2) is 6.61 Å². The minimum Gasteiger partial charge on any atom is -0.483 e. The van der Waals surface area contributed by atoms with E-state index in [1.54, 1.807) is 4.90 Å². The zero-order chi connectivity index (χ0) is 27.0. The van der Waals surface area contributed by atoms with Crippen LogP contribution in [0.2, 0.25) is 0 Å². The van der Waals surface area contributed by atoms with Gasteiger partial charge in [-0.05, 0) is 78.9 Å². The molecule has 0 bridgehead atoms. The highest BCUT2D eigenvalue weighted by atomic mass is 79.9. The Hall–Kier alpha value is -3.12. The van der Waals surface area contributed by atoms with Crippen molar-refractivity contribution in [3.63, 3.8) is 0 Å². The van der Waals surface area contributed by atoms with Crippen LogP contribution in [0.5, 0.6) is 5.75 Å². The van der Waals surface area contributed by atoms with Gasteiger partial charge in [-0.15, -0.1) is 0 Å². The van der Waals surface area contributed by atoms with E-state index in [-0.39, 0.29) is 18.4 Å². The molecule has 0 aliphatic rings. The number of amides is 2. The molecule has 0 aliphatic heterocycles. The van der Waals surface area contributed by atoms with Crippen molar-refractivity contribution in [3.05, 3.63) is 99.5 Å². The third-order valence-electron chi connectivity index (χ3n) is 5.96. The van der Waals surface area contributed by atoms with Crippen LogP contribution in [0.4, 0.5) is 0 Å². The standard InChI is InChI=1S/C31H37BrN2O3/c1-6-23-15-16-28(26(32)18-23)37-21-29(35)34(20-25-14-10-11-22(2)17-25)27(30(36)33-31(3,4)5)19-24-12-8-7-9-13-24/h7-18,27H,6,19-21H2,1-5H3,(H,33,36)/t27-/m0/s1. The Balaban J connectivity index is 1.93. The number of carbonyl (C=O) groups is 2. The van der Waals surface area contributed by atoms with Crippen molar-refractivity contribution in [1.82, 2.24) is 10.2 Å². The van der Waals surface area contributed by atoms with Gasteiger partial charge < -0.3 is 15.0 Å². The number of nitrogens with zero attached hydrogens (tertiary/aromatic N) is 1. The van der Waals surface area contributed by atoms with Crippen LogP contribution < -0.4 is 10.1 Å². The van der Waals surface area contributed by atoms with Gasteiger partial charge in [-0.1, -0.05) is 73.2 Å². The van der Waals surface area contributed by atoms with E-state index >= 15 is 0 Å². The van der Waals surface area contributed by atoms with Crippen molar-refractivity contribution < 1.29 is 14.3 Å². The lowest BCUT2D eigenvalue weighted by Crippen LogP contribution is -2.55. The van der Waals surface area contributed by atoms with E-state index in [2.05, 4.69) is 28.2 Å². The van der Waals surface area contributed by atoms with E-state index < -0.39 is 11.6 Å². The highest BCUT2D eigenvalue weighted by molar-refractivity contribution is 9.10. The molecule has 3 aromatic carbocycles. The zero-order valence-electron chi connectivity index (χ0n) is 22.4. The Morgan fingerprint density at radius 2 is 1.65 bits per heavy atom. The molecule has 1 N–H and O–H groups in total. The van der Waals surface area contributed by atoms with Crippen molar-refractivity contribution in [1.29, 1.82) is 0 Å². The summed E-state index contributed by atoms with van der Waals surface area (Å²) < 4.78 is 6.75. The Kier molecular flexibility index (Phi) is 9.93. The van der Waals surface area contributed by atoms with Crippen molar-refractivity contribution in [2.75, 3.05) is 6.61 Å². The molecule has 0 saturated heterocycles. The average Bonchev–Trinajstić information content (AvgIpc) is 2.84. The Labute approximate surface area is 229 Å². The number of rotatable bonds is 10. The molecule has 0 aliphatic carbocycles. The SMILES string of the molecule is CCc1ccc(OCC(=O)N(Cc2cccc(C)c2)[C@@H](Cc2ccccc2)C(=O)NC(C)(C)C)c(Br)c1. The van der Waals surface area contributed by atoms with Gasteiger partial charge in [-0.25, -0.2) is 0 Å².